The van der Waals surface area contributed by atoms with Gasteiger partial charge >= 0.3 is 0 Å². The van der Waals surface area contributed by atoms with Gasteiger partial charge in [0, 0.05) is 12.5 Å². The Morgan fingerprint density at radius 2 is 2.37 bits per heavy atom. The number of aryl methyl sites for hydroxylation is 1. The molecule has 1 aliphatic heterocycles. The number of ether oxygens (including phenoxy) is 1. The third-order valence-electron chi connectivity index (χ3n) is 4.39. The van der Waals surface area contributed by atoms with Crippen LogP contribution in [-0.4, -0.2) is 27.6 Å². The molecule has 0 bridgehead atoms. The Labute approximate surface area is 117 Å². The minimum atomic E-state index is 0.0294. The first kappa shape index (κ1) is 13.2. The minimum Gasteiger partial charge on any atom is -0.375 e. The molecule has 1 unspecified atom stereocenters. The van der Waals surface area contributed by atoms with Gasteiger partial charge in [-0.1, -0.05) is 17.8 Å². The number of aromatic nitrogens is 2. The molecule has 1 aliphatic carbocycles. The van der Waals surface area contributed by atoms with Crippen LogP contribution in [0, 0.1) is 5.92 Å². The highest BCUT2D eigenvalue weighted by molar-refractivity contribution is 7.08. The van der Waals surface area contributed by atoms with Crippen LogP contribution in [0.2, 0.25) is 0 Å². The molecule has 0 radical (unpaired) electrons. The second-order valence-electron chi connectivity index (χ2n) is 5.74. The van der Waals surface area contributed by atoms with Crippen molar-refractivity contribution in [2.75, 3.05) is 6.61 Å². The molecule has 0 aromatic carbocycles. The van der Waals surface area contributed by atoms with Crippen LogP contribution in [0.3, 0.4) is 0 Å². The van der Waals surface area contributed by atoms with Gasteiger partial charge in [-0.25, -0.2) is 0 Å². The van der Waals surface area contributed by atoms with E-state index in [-0.39, 0.29) is 17.3 Å². The lowest BCUT2D eigenvalue weighted by atomic mass is 9.71. The second-order valence-corrected chi connectivity index (χ2v) is 6.49. The van der Waals surface area contributed by atoms with E-state index in [4.69, 9.17) is 4.74 Å². The average Bonchev–Trinajstić information content (AvgIpc) is 2.85. The van der Waals surface area contributed by atoms with Gasteiger partial charge in [0.25, 0.3) is 0 Å². The van der Waals surface area contributed by atoms with Crippen molar-refractivity contribution < 1.29 is 9.53 Å². The molecule has 4 nitrogen and oxygen atoms in total. The Morgan fingerprint density at radius 3 is 3.05 bits per heavy atom. The van der Waals surface area contributed by atoms with Crippen molar-refractivity contribution in [3.63, 3.8) is 0 Å². The molecule has 0 amide bonds. The molecule has 1 aromatic rings. The predicted molar refractivity (Wildman–Crippen MR) is 73.5 cm³/mol. The lowest BCUT2D eigenvalue weighted by Crippen LogP contribution is -2.47. The fourth-order valence-corrected chi connectivity index (χ4v) is 3.88. The molecule has 2 fully saturated rings. The third kappa shape index (κ3) is 2.46. The van der Waals surface area contributed by atoms with Crippen LogP contribution in [0.15, 0.2) is 0 Å². The first-order valence-corrected chi connectivity index (χ1v) is 8.01. The third-order valence-corrected chi connectivity index (χ3v) is 5.18. The topological polar surface area (TPSA) is 52.1 Å². The number of rotatable bonds is 4. The van der Waals surface area contributed by atoms with Crippen LogP contribution in [0.1, 0.15) is 60.8 Å². The molecule has 1 spiro atoms. The van der Waals surface area contributed by atoms with Gasteiger partial charge in [-0.3, -0.25) is 4.79 Å². The molecule has 1 saturated carbocycles. The van der Waals surface area contributed by atoms with E-state index in [2.05, 4.69) is 16.5 Å². The zero-order chi connectivity index (χ0) is 13.3. The molecular weight excluding hydrogens is 260 g/mol. The van der Waals surface area contributed by atoms with Gasteiger partial charge in [0.2, 0.25) is 0 Å². The summed E-state index contributed by atoms with van der Waals surface area (Å²) in [6, 6.07) is 0. The summed E-state index contributed by atoms with van der Waals surface area (Å²) in [4.78, 5) is 13.5. The number of carbonyl (C=O) groups is 1. The summed E-state index contributed by atoms with van der Waals surface area (Å²) in [5, 5.41) is 4.11. The van der Waals surface area contributed by atoms with Crippen molar-refractivity contribution in [1.82, 2.24) is 9.59 Å². The first-order valence-electron chi connectivity index (χ1n) is 7.23. The minimum absolute atomic E-state index is 0.0294. The van der Waals surface area contributed by atoms with Crippen LogP contribution in [0.5, 0.6) is 0 Å². The fraction of sp³-hybridized carbons (Fsp3) is 0.786. The standard InChI is InChI=1S/C14H20N2O2S/c1-2-4-11-13(19-16-15-11)12(17)10-5-8-18-14(9-10)6-3-7-14/h10H,2-9H2,1H3. The predicted octanol–water partition coefficient (Wildman–Crippen LogP) is 3.02. The molecule has 1 atom stereocenters. The Bertz CT molecular complexity index is 468. The van der Waals surface area contributed by atoms with E-state index in [9.17, 15) is 4.79 Å². The molecule has 5 heteroatoms. The summed E-state index contributed by atoms with van der Waals surface area (Å²) in [7, 11) is 0. The Hall–Kier alpha value is -0.810. The smallest absolute Gasteiger partial charge is 0.179 e. The Kier molecular flexibility index (Phi) is 3.67. The van der Waals surface area contributed by atoms with E-state index in [1.54, 1.807) is 0 Å². The molecule has 1 aromatic heterocycles. The molecule has 1 saturated heterocycles. The average molecular weight is 280 g/mol. The van der Waals surface area contributed by atoms with Crippen LogP contribution < -0.4 is 0 Å². The quantitative estimate of drug-likeness (QED) is 0.796. The SMILES string of the molecule is CCCc1nnsc1C(=O)C1CCOC2(CCC2)C1. The molecule has 2 heterocycles. The maximum atomic E-state index is 12.7. The van der Waals surface area contributed by atoms with Gasteiger partial charge in [-0.05, 0) is 50.1 Å². The van der Waals surface area contributed by atoms with Gasteiger partial charge in [0.1, 0.15) is 4.88 Å². The fourth-order valence-electron chi connectivity index (χ4n) is 3.15. The van der Waals surface area contributed by atoms with Crippen molar-refractivity contribution in [1.29, 1.82) is 0 Å². The maximum Gasteiger partial charge on any atom is 0.179 e. The summed E-state index contributed by atoms with van der Waals surface area (Å²) >= 11 is 1.27. The Balaban J connectivity index is 1.74. The summed E-state index contributed by atoms with van der Waals surface area (Å²) < 4.78 is 9.86. The molecular formula is C14H20N2O2S. The monoisotopic (exact) mass is 280 g/mol. The van der Waals surface area contributed by atoms with Gasteiger partial charge in [-0.2, -0.15) is 0 Å². The van der Waals surface area contributed by atoms with E-state index in [0.29, 0.717) is 0 Å². The van der Waals surface area contributed by atoms with E-state index in [0.717, 1.165) is 55.7 Å². The van der Waals surface area contributed by atoms with Gasteiger partial charge < -0.3 is 4.74 Å². The largest absolute Gasteiger partial charge is 0.375 e. The van der Waals surface area contributed by atoms with Crippen molar-refractivity contribution in [3.8, 4) is 0 Å². The van der Waals surface area contributed by atoms with E-state index >= 15 is 0 Å². The number of hydrogen-bond donors (Lipinski definition) is 0. The molecule has 3 rings (SSSR count). The van der Waals surface area contributed by atoms with Crippen LogP contribution in [0.4, 0.5) is 0 Å². The lowest BCUT2D eigenvalue weighted by molar-refractivity contribution is -0.137. The van der Waals surface area contributed by atoms with Crippen LogP contribution in [-0.2, 0) is 11.2 Å². The second kappa shape index (κ2) is 5.29. The van der Waals surface area contributed by atoms with Crippen molar-refractivity contribution in [2.24, 2.45) is 5.92 Å². The van der Waals surface area contributed by atoms with Crippen molar-refractivity contribution in [2.45, 2.75) is 57.5 Å². The van der Waals surface area contributed by atoms with Gasteiger partial charge in [0.15, 0.2) is 5.78 Å². The molecule has 2 aliphatic rings. The zero-order valence-corrected chi connectivity index (χ0v) is 12.2. The molecule has 0 N–H and O–H groups in total. The number of carbonyl (C=O) groups excluding carboxylic acids is 1. The first-order chi connectivity index (χ1) is 9.24. The zero-order valence-electron chi connectivity index (χ0n) is 11.4. The number of ketones is 1. The van der Waals surface area contributed by atoms with Crippen LogP contribution >= 0.6 is 11.5 Å². The van der Waals surface area contributed by atoms with Crippen molar-refractivity contribution >= 4 is 17.3 Å². The summed E-state index contributed by atoms with van der Waals surface area (Å²) in [5.74, 6) is 0.375. The normalized spacial score (nSPS) is 25.2. The summed E-state index contributed by atoms with van der Waals surface area (Å²) in [5.41, 5.74) is 0.924. The maximum absolute atomic E-state index is 12.7. The molecule has 104 valence electrons. The summed E-state index contributed by atoms with van der Waals surface area (Å²) in [6.45, 7) is 2.83. The van der Waals surface area contributed by atoms with Crippen LogP contribution in [0.25, 0.3) is 0 Å². The highest BCUT2D eigenvalue weighted by Gasteiger charge is 2.44. The van der Waals surface area contributed by atoms with E-state index < -0.39 is 0 Å². The summed E-state index contributed by atoms with van der Waals surface area (Å²) in [6.07, 6.45) is 7.10. The van der Waals surface area contributed by atoms with Crippen molar-refractivity contribution in [3.05, 3.63) is 10.6 Å². The van der Waals surface area contributed by atoms with Gasteiger partial charge in [-0.15, -0.1) is 5.10 Å². The Morgan fingerprint density at radius 1 is 1.53 bits per heavy atom. The van der Waals surface area contributed by atoms with E-state index in [1.807, 2.05) is 0 Å². The highest BCUT2D eigenvalue weighted by atomic mass is 32.1. The highest BCUT2D eigenvalue weighted by Crippen LogP contribution is 2.45. The van der Waals surface area contributed by atoms with E-state index in [1.165, 1.54) is 18.0 Å². The number of Topliss-reactive ketones (excluding diaryl/α,β-unsaturated/α-hetero) is 1. The number of nitrogens with zero attached hydrogens (tertiary/aromatic N) is 2. The lowest BCUT2D eigenvalue weighted by Gasteiger charge is -2.46. The van der Waals surface area contributed by atoms with Gasteiger partial charge in [0.05, 0.1) is 11.3 Å². The number of hydrogen-bond acceptors (Lipinski definition) is 5. The molecule has 19 heavy (non-hydrogen) atoms.